The highest BCUT2D eigenvalue weighted by Gasteiger charge is 2.30. The zero-order valence-corrected chi connectivity index (χ0v) is 12.3. The third-order valence-corrected chi connectivity index (χ3v) is 4.05. The van der Waals surface area contributed by atoms with E-state index < -0.39 is 0 Å². The first-order chi connectivity index (χ1) is 9.01. The Balaban J connectivity index is 2.31. The number of thiazole rings is 1. The lowest BCUT2D eigenvalue weighted by Gasteiger charge is -2.31. The molecule has 0 spiro atoms. The van der Waals surface area contributed by atoms with E-state index in [9.17, 15) is 4.39 Å². The van der Waals surface area contributed by atoms with Gasteiger partial charge in [-0.15, -0.1) is 11.3 Å². The Bertz CT molecular complexity index is 525. The van der Waals surface area contributed by atoms with Crippen molar-refractivity contribution in [2.24, 2.45) is 0 Å². The summed E-state index contributed by atoms with van der Waals surface area (Å²) in [6, 6.07) is 7.24. The van der Waals surface area contributed by atoms with Gasteiger partial charge in [-0.2, -0.15) is 0 Å². The summed E-state index contributed by atoms with van der Waals surface area (Å²) in [5.74, 6) is -0.157. The van der Waals surface area contributed by atoms with Gasteiger partial charge >= 0.3 is 0 Å². The molecule has 1 N–H and O–H groups in total. The summed E-state index contributed by atoms with van der Waals surface area (Å²) >= 11 is 1.60. The van der Waals surface area contributed by atoms with Crippen LogP contribution in [0, 0.1) is 5.82 Å². The van der Waals surface area contributed by atoms with Crippen LogP contribution in [0.25, 0.3) is 0 Å². The van der Waals surface area contributed by atoms with Gasteiger partial charge in [-0.3, -0.25) is 0 Å². The maximum absolute atomic E-state index is 13.9. The van der Waals surface area contributed by atoms with Crippen LogP contribution in [0.3, 0.4) is 0 Å². The molecule has 1 unspecified atom stereocenters. The molecule has 19 heavy (non-hydrogen) atoms. The molecular weight excluding hydrogens is 259 g/mol. The SMILES string of the molecule is CC(C)NC(C)(Cc1ccccc1F)c1nccs1. The van der Waals surface area contributed by atoms with E-state index in [2.05, 4.69) is 31.1 Å². The summed E-state index contributed by atoms with van der Waals surface area (Å²) in [5.41, 5.74) is 0.373. The van der Waals surface area contributed by atoms with Crippen molar-refractivity contribution >= 4 is 11.3 Å². The van der Waals surface area contributed by atoms with Crippen molar-refractivity contribution in [2.45, 2.75) is 38.8 Å². The lowest BCUT2D eigenvalue weighted by Crippen LogP contribution is -2.45. The number of hydrogen-bond acceptors (Lipinski definition) is 3. The molecule has 1 aromatic carbocycles. The Morgan fingerprint density at radius 1 is 1.37 bits per heavy atom. The van der Waals surface area contributed by atoms with Gasteiger partial charge in [0, 0.05) is 17.6 Å². The molecule has 0 aliphatic carbocycles. The van der Waals surface area contributed by atoms with E-state index in [1.165, 1.54) is 6.07 Å². The second-order valence-electron chi connectivity index (χ2n) is 5.24. The number of aromatic nitrogens is 1. The monoisotopic (exact) mass is 278 g/mol. The van der Waals surface area contributed by atoms with Crippen molar-refractivity contribution in [3.63, 3.8) is 0 Å². The summed E-state index contributed by atoms with van der Waals surface area (Å²) < 4.78 is 13.9. The van der Waals surface area contributed by atoms with Gasteiger partial charge in [0.2, 0.25) is 0 Å². The number of nitrogens with zero attached hydrogens (tertiary/aromatic N) is 1. The molecule has 0 fully saturated rings. The number of benzene rings is 1. The van der Waals surface area contributed by atoms with Crippen molar-refractivity contribution in [3.8, 4) is 0 Å². The Labute approximate surface area is 117 Å². The van der Waals surface area contributed by atoms with Crippen LogP contribution in [-0.2, 0) is 12.0 Å². The van der Waals surface area contributed by atoms with Gasteiger partial charge in [-0.1, -0.05) is 18.2 Å². The van der Waals surface area contributed by atoms with Crippen LogP contribution in [-0.4, -0.2) is 11.0 Å². The molecule has 0 bridgehead atoms. The van der Waals surface area contributed by atoms with E-state index in [0.29, 0.717) is 18.0 Å². The van der Waals surface area contributed by atoms with Crippen molar-refractivity contribution in [1.82, 2.24) is 10.3 Å². The van der Waals surface area contributed by atoms with Crippen molar-refractivity contribution in [3.05, 3.63) is 52.2 Å². The standard InChI is InChI=1S/C15H19FN2S/c1-11(2)18-15(3,14-17-8-9-19-14)10-12-6-4-5-7-13(12)16/h4-9,11,18H,10H2,1-3H3. The summed E-state index contributed by atoms with van der Waals surface area (Å²) in [6.45, 7) is 6.26. The van der Waals surface area contributed by atoms with Crippen LogP contribution < -0.4 is 5.32 Å². The van der Waals surface area contributed by atoms with Gasteiger partial charge < -0.3 is 5.32 Å². The van der Waals surface area contributed by atoms with Crippen LogP contribution >= 0.6 is 11.3 Å². The summed E-state index contributed by atoms with van der Waals surface area (Å²) in [5, 5.41) is 6.46. The average molecular weight is 278 g/mol. The zero-order valence-electron chi connectivity index (χ0n) is 11.5. The summed E-state index contributed by atoms with van der Waals surface area (Å²) in [7, 11) is 0. The number of hydrogen-bond donors (Lipinski definition) is 1. The minimum Gasteiger partial charge on any atom is -0.303 e. The predicted octanol–water partition coefficient (Wildman–Crippen LogP) is 3.74. The van der Waals surface area contributed by atoms with Crippen molar-refractivity contribution in [2.75, 3.05) is 0 Å². The Morgan fingerprint density at radius 2 is 2.11 bits per heavy atom. The van der Waals surface area contributed by atoms with Gasteiger partial charge in [-0.05, 0) is 38.8 Å². The fourth-order valence-electron chi connectivity index (χ4n) is 2.34. The highest BCUT2D eigenvalue weighted by molar-refractivity contribution is 7.09. The molecule has 1 aromatic heterocycles. The largest absolute Gasteiger partial charge is 0.303 e. The Hall–Kier alpha value is -1.26. The molecule has 0 radical (unpaired) electrons. The summed E-state index contributed by atoms with van der Waals surface area (Å²) in [6.07, 6.45) is 2.38. The van der Waals surface area contributed by atoms with E-state index >= 15 is 0 Å². The zero-order chi connectivity index (χ0) is 13.9. The van der Waals surface area contributed by atoms with E-state index in [4.69, 9.17) is 0 Å². The minimum absolute atomic E-state index is 0.157. The van der Waals surface area contributed by atoms with Crippen LogP contribution in [0.5, 0.6) is 0 Å². The van der Waals surface area contributed by atoms with Crippen LogP contribution in [0.1, 0.15) is 31.3 Å². The van der Waals surface area contributed by atoms with Gasteiger partial charge in [-0.25, -0.2) is 9.37 Å². The molecule has 0 saturated heterocycles. The van der Waals surface area contributed by atoms with Gasteiger partial charge in [0.1, 0.15) is 10.8 Å². The first-order valence-corrected chi connectivity index (χ1v) is 7.30. The van der Waals surface area contributed by atoms with E-state index in [1.807, 2.05) is 17.5 Å². The molecule has 2 aromatic rings. The fraction of sp³-hybridized carbons (Fsp3) is 0.400. The lowest BCUT2D eigenvalue weighted by atomic mass is 9.92. The van der Waals surface area contributed by atoms with Gasteiger partial charge in [0.05, 0.1) is 5.54 Å². The van der Waals surface area contributed by atoms with E-state index in [1.54, 1.807) is 23.6 Å². The normalized spacial score (nSPS) is 14.6. The maximum Gasteiger partial charge on any atom is 0.126 e. The Morgan fingerprint density at radius 3 is 2.68 bits per heavy atom. The van der Waals surface area contributed by atoms with E-state index in [-0.39, 0.29) is 11.4 Å². The second kappa shape index (κ2) is 5.80. The van der Waals surface area contributed by atoms with Crippen molar-refractivity contribution < 1.29 is 4.39 Å². The highest BCUT2D eigenvalue weighted by Crippen LogP contribution is 2.28. The van der Waals surface area contributed by atoms with Crippen LogP contribution in [0.15, 0.2) is 35.8 Å². The molecule has 4 heteroatoms. The van der Waals surface area contributed by atoms with Crippen LogP contribution in [0.2, 0.25) is 0 Å². The highest BCUT2D eigenvalue weighted by atomic mass is 32.1. The molecule has 1 heterocycles. The molecule has 0 amide bonds. The minimum atomic E-state index is -0.343. The first-order valence-electron chi connectivity index (χ1n) is 6.42. The third kappa shape index (κ3) is 3.39. The molecule has 102 valence electrons. The first kappa shape index (κ1) is 14.2. The lowest BCUT2D eigenvalue weighted by molar-refractivity contribution is 0.326. The van der Waals surface area contributed by atoms with Crippen molar-refractivity contribution in [1.29, 1.82) is 0 Å². The quantitative estimate of drug-likeness (QED) is 0.901. The predicted molar refractivity (Wildman–Crippen MR) is 77.8 cm³/mol. The second-order valence-corrected chi connectivity index (χ2v) is 6.13. The third-order valence-electron chi connectivity index (χ3n) is 3.01. The van der Waals surface area contributed by atoms with Gasteiger partial charge in [0.15, 0.2) is 0 Å². The fourth-order valence-corrected chi connectivity index (χ4v) is 3.11. The molecule has 0 aliphatic rings. The molecule has 0 aliphatic heterocycles. The number of halogens is 1. The summed E-state index contributed by atoms with van der Waals surface area (Å²) in [4.78, 5) is 4.40. The van der Waals surface area contributed by atoms with E-state index in [0.717, 1.165) is 5.01 Å². The molecule has 1 atom stereocenters. The average Bonchev–Trinajstić information content (AvgIpc) is 2.85. The maximum atomic E-state index is 13.9. The number of nitrogens with one attached hydrogen (secondary N) is 1. The topological polar surface area (TPSA) is 24.9 Å². The molecule has 0 saturated carbocycles. The molecular formula is C15H19FN2S. The molecule has 2 nitrogen and oxygen atoms in total. The smallest absolute Gasteiger partial charge is 0.126 e. The Kier molecular flexibility index (Phi) is 4.32. The molecule has 2 rings (SSSR count). The van der Waals surface area contributed by atoms with Gasteiger partial charge in [0.25, 0.3) is 0 Å². The number of rotatable bonds is 5. The van der Waals surface area contributed by atoms with Crippen LogP contribution in [0.4, 0.5) is 4.39 Å².